The summed E-state index contributed by atoms with van der Waals surface area (Å²) in [5, 5.41) is 9.54. The van der Waals surface area contributed by atoms with Gasteiger partial charge in [0.15, 0.2) is 0 Å². The Balaban J connectivity index is 4.99. The Morgan fingerprint density at radius 1 is 1.00 bits per heavy atom. The molecule has 22 heavy (non-hydrogen) atoms. The third-order valence-corrected chi connectivity index (χ3v) is 4.29. The Morgan fingerprint density at radius 2 is 1.59 bits per heavy atom. The zero-order chi connectivity index (χ0) is 16.8. The molecule has 0 spiro atoms. The Morgan fingerprint density at radius 3 is 2.14 bits per heavy atom. The van der Waals surface area contributed by atoms with Crippen molar-refractivity contribution in [2.75, 3.05) is 0 Å². The summed E-state index contributed by atoms with van der Waals surface area (Å²) in [7, 11) is 0. The van der Waals surface area contributed by atoms with Gasteiger partial charge >= 0.3 is 0 Å². The van der Waals surface area contributed by atoms with Gasteiger partial charge in [-0.2, -0.15) is 0 Å². The van der Waals surface area contributed by atoms with Crippen LogP contribution in [-0.4, -0.2) is 10.8 Å². The molecule has 1 N–H and O–H groups in total. The minimum absolute atomic E-state index is 0.0412. The van der Waals surface area contributed by atoms with Crippen LogP contribution < -0.4 is 0 Å². The van der Waals surface area contributed by atoms with Crippen LogP contribution >= 0.6 is 0 Å². The molecule has 1 unspecified atom stereocenters. The van der Waals surface area contributed by atoms with Gasteiger partial charge in [-0.05, 0) is 31.9 Å². The van der Waals surface area contributed by atoms with Crippen LogP contribution in [0.3, 0.4) is 0 Å². The molecule has 2 heteroatoms. The van der Waals surface area contributed by atoms with E-state index < -0.39 is 0 Å². The van der Waals surface area contributed by atoms with Crippen molar-refractivity contribution in [3.8, 4) is 0 Å². The van der Waals surface area contributed by atoms with Crippen molar-refractivity contribution in [1.29, 1.82) is 0 Å². The van der Waals surface area contributed by atoms with E-state index in [9.17, 15) is 5.11 Å². The summed E-state index contributed by atoms with van der Waals surface area (Å²) >= 11 is 0. The van der Waals surface area contributed by atoms with Crippen molar-refractivity contribution in [1.82, 2.24) is 0 Å². The molecule has 0 aliphatic rings. The molecule has 0 aromatic carbocycles. The highest BCUT2D eigenvalue weighted by molar-refractivity contribution is 6.00. The van der Waals surface area contributed by atoms with Crippen LogP contribution in [0.2, 0.25) is 0 Å². The second-order valence-electron chi connectivity index (χ2n) is 6.55. The standard InChI is InChI=1S/C20H37NO/c1-6-9-12-13-14-17-20(5,16-11-8-3)19(15-10-7-2)21-18(4)22/h10,15,22H,4,6-9,11-14,16-17H2,1-3,5H3/b15-10-,21-19?. The van der Waals surface area contributed by atoms with Crippen LogP contribution in [0, 0.1) is 5.41 Å². The molecule has 128 valence electrons. The summed E-state index contributed by atoms with van der Waals surface area (Å²) in [5.74, 6) is -0.0792. The van der Waals surface area contributed by atoms with Gasteiger partial charge < -0.3 is 5.11 Å². The summed E-state index contributed by atoms with van der Waals surface area (Å²) in [6.45, 7) is 12.4. The van der Waals surface area contributed by atoms with Gasteiger partial charge in [0.25, 0.3) is 0 Å². The van der Waals surface area contributed by atoms with Gasteiger partial charge in [-0.15, -0.1) is 0 Å². The number of aliphatic hydroxyl groups is 1. The number of hydrogen-bond acceptors (Lipinski definition) is 2. The highest BCUT2D eigenvalue weighted by Crippen LogP contribution is 2.34. The second-order valence-corrected chi connectivity index (χ2v) is 6.55. The molecule has 0 aromatic heterocycles. The van der Waals surface area contributed by atoms with Crippen LogP contribution in [-0.2, 0) is 0 Å². The molecule has 0 fully saturated rings. The smallest absolute Gasteiger partial charge is 0.203 e. The van der Waals surface area contributed by atoms with E-state index in [-0.39, 0.29) is 11.3 Å². The van der Waals surface area contributed by atoms with E-state index >= 15 is 0 Å². The van der Waals surface area contributed by atoms with E-state index in [2.05, 4.69) is 51.4 Å². The monoisotopic (exact) mass is 307 g/mol. The van der Waals surface area contributed by atoms with E-state index in [0.717, 1.165) is 25.0 Å². The molecule has 0 amide bonds. The van der Waals surface area contributed by atoms with Gasteiger partial charge in [0.2, 0.25) is 5.88 Å². The molecule has 0 saturated heterocycles. The zero-order valence-corrected chi connectivity index (χ0v) is 15.3. The molecule has 0 rings (SSSR count). The maximum Gasteiger partial charge on any atom is 0.203 e. The number of hydrogen-bond donors (Lipinski definition) is 1. The average molecular weight is 308 g/mol. The van der Waals surface area contributed by atoms with Crippen molar-refractivity contribution >= 4 is 5.71 Å². The SMILES string of the molecule is C=C(O)N=C(/C=C\CC)C(C)(CCCC)CCCCCCC. The first-order chi connectivity index (χ1) is 10.5. The molecule has 0 bridgehead atoms. The average Bonchev–Trinajstić information content (AvgIpc) is 2.48. The predicted molar refractivity (Wildman–Crippen MR) is 99.6 cm³/mol. The number of allylic oxidation sites excluding steroid dienone is 2. The first kappa shape index (κ1) is 20.9. The summed E-state index contributed by atoms with van der Waals surface area (Å²) in [6, 6.07) is 0. The molecule has 0 radical (unpaired) electrons. The Hall–Kier alpha value is -1.05. The number of aliphatic hydroxyl groups excluding tert-OH is 1. The van der Waals surface area contributed by atoms with Crippen LogP contribution in [0.25, 0.3) is 0 Å². The van der Waals surface area contributed by atoms with Gasteiger partial charge in [-0.25, -0.2) is 4.99 Å². The minimum Gasteiger partial charge on any atom is -0.494 e. The van der Waals surface area contributed by atoms with E-state index in [1.54, 1.807) is 0 Å². The normalized spacial score (nSPS) is 15.2. The van der Waals surface area contributed by atoms with Gasteiger partial charge in [0, 0.05) is 11.1 Å². The summed E-state index contributed by atoms with van der Waals surface area (Å²) in [5.41, 5.74) is 1.03. The zero-order valence-electron chi connectivity index (χ0n) is 15.3. The van der Waals surface area contributed by atoms with E-state index in [4.69, 9.17) is 0 Å². The molecular formula is C20H37NO. The predicted octanol–water partition coefficient (Wildman–Crippen LogP) is 6.98. The maximum atomic E-state index is 9.54. The Kier molecular flexibility index (Phi) is 11.9. The molecule has 0 saturated carbocycles. The number of unbranched alkanes of at least 4 members (excludes halogenated alkanes) is 5. The van der Waals surface area contributed by atoms with Crippen LogP contribution in [0.1, 0.15) is 91.9 Å². The highest BCUT2D eigenvalue weighted by atomic mass is 16.3. The summed E-state index contributed by atoms with van der Waals surface area (Å²) in [6.07, 6.45) is 16.3. The Labute approximate surface area is 138 Å². The van der Waals surface area contributed by atoms with Crippen molar-refractivity contribution in [2.45, 2.75) is 91.9 Å². The molecule has 0 aliphatic carbocycles. The first-order valence-electron chi connectivity index (χ1n) is 9.13. The molecular weight excluding hydrogens is 270 g/mol. The number of aliphatic imine (C=N–C) groups is 1. The van der Waals surface area contributed by atoms with E-state index in [1.807, 2.05) is 0 Å². The molecule has 0 aliphatic heterocycles. The van der Waals surface area contributed by atoms with Crippen molar-refractivity contribution in [3.63, 3.8) is 0 Å². The van der Waals surface area contributed by atoms with Gasteiger partial charge in [0.1, 0.15) is 0 Å². The van der Waals surface area contributed by atoms with Crippen molar-refractivity contribution in [3.05, 3.63) is 24.6 Å². The maximum absolute atomic E-state index is 9.54. The quantitative estimate of drug-likeness (QED) is 0.222. The lowest BCUT2D eigenvalue weighted by Gasteiger charge is -2.30. The van der Waals surface area contributed by atoms with Crippen LogP contribution in [0.5, 0.6) is 0 Å². The second kappa shape index (κ2) is 12.5. The van der Waals surface area contributed by atoms with Gasteiger partial charge in [-0.1, -0.05) is 78.7 Å². The largest absolute Gasteiger partial charge is 0.494 e. The topological polar surface area (TPSA) is 32.6 Å². The molecule has 1 atom stereocenters. The van der Waals surface area contributed by atoms with Crippen LogP contribution in [0.15, 0.2) is 29.6 Å². The molecule has 0 heterocycles. The molecule has 0 aromatic rings. The van der Waals surface area contributed by atoms with Gasteiger partial charge in [-0.3, -0.25) is 0 Å². The highest BCUT2D eigenvalue weighted by Gasteiger charge is 2.28. The Bertz CT molecular complexity index is 357. The van der Waals surface area contributed by atoms with E-state index in [1.165, 1.54) is 44.9 Å². The van der Waals surface area contributed by atoms with Crippen molar-refractivity contribution in [2.24, 2.45) is 10.4 Å². The summed E-state index contributed by atoms with van der Waals surface area (Å²) in [4.78, 5) is 4.35. The fraction of sp³-hybridized carbons (Fsp3) is 0.750. The molecule has 2 nitrogen and oxygen atoms in total. The third-order valence-electron chi connectivity index (χ3n) is 4.29. The van der Waals surface area contributed by atoms with Crippen molar-refractivity contribution < 1.29 is 5.11 Å². The van der Waals surface area contributed by atoms with E-state index in [0.29, 0.717) is 0 Å². The lowest BCUT2D eigenvalue weighted by atomic mass is 9.75. The lowest BCUT2D eigenvalue weighted by Crippen LogP contribution is -2.27. The fourth-order valence-corrected chi connectivity index (χ4v) is 2.81. The summed E-state index contributed by atoms with van der Waals surface area (Å²) < 4.78 is 0. The van der Waals surface area contributed by atoms with Crippen LogP contribution in [0.4, 0.5) is 0 Å². The first-order valence-corrected chi connectivity index (χ1v) is 9.13. The lowest BCUT2D eigenvalue weighted by molar-refractivity contribution is 0.357. The number of rotatable bonds is 13. The fourth-order valence-electron chi connectivity index (χ4n) is 2.81. The van der Waals surface area contributed by atoms with Gasteiger partial charge in [0.05, 0.1) is 0 Å². The third kappa shape index (κ3) is 9.07. The minimum atomic E-state index is -0.0792. The number of nitrogens with zero attached hydrogens (tertiary/aromatic N) is 1.